The van der Waals surface area contributed by atoms with Gasteiger partial charge in [-0.25, -0.2) is 9.59 Å². The molecule has 4 rings (SSSR count). The number of hydrogen-bond donors (Lipinski definition) is 2. The molecule has 0 aliphatic rings. The number of esters is 2. The molecule has 0 saturated carbocycles. The number of rotatable bonds is 7. The van der Waals surface area contributed by atoms with E-state index < -0.39 is 35.4 Å². The Morgan fingerprint density at radius 1 is 0.625 bits per heavy atom. The molecule has 0 aliphatic heterocycles. The van der Waals surface area contributed by atoms with Crippen molar-refractivity contribution in [3.05, 3.63) is 83.2 Å². The van der Waals surface area contributed by atoms with Crippen molar-refractivity contribution >= 4 is 11.9 Å². The predicted octanol–water partition coefficient (Wildman–Crippen LogP) is 7.73. The van der Waals surface area contributed by atoms with Gasteiger partial charge in [-0.05, 0) is 49.2 Å². The minimum absolute atomic E-state index is 0.0117. The van der Waals surface area contributed by atoms with Crippen LogP contribution in [0.1, 0.15) is 45.7 Å². The molecule has 2 aromatic heterocycles. The normalized spacial score (nSPS) is 11.9. The second kappa shape index (κ2) is 10.9. The van der Waals surface area contributed by atoms with Crippen molar-refractivity contribution in [1.82, 2.24) is 9.97 Å². The van der Waals surface area contributed by atoms with Crippen LogP contribution in [0.5, 0.6) is 0 Å². The van der Waals surface area contributed by atoms with E-state index in [2.05, 4.69) is 9.97 Å². The topological polar surface area (TPSA) is 84.2 Å². The lowest BCUT2D eigenvalue weighted by molar-refractivity contribution is -0.138. The van der Waals surface area contributed by atoms with Gasteiger partial charge in [0.2, 0.25) is 0 Å². The quantitative estimate of drug-likeness (QED) is 0.178. The Bertz CT molecular complexity index is 1400. The number of H-pyrrole nitrogens is 2. The van der Waals surface area contributed by atoms with Crippen LogP contribution in [0, 0.1) is 0 Å². The predicted molar refractivity (Wildman–Crippen MR) is 133 cm³/mol. The summed E-state index contributed by atoms with van der Waals surface area (Å²) in [5.74, 6) is -1.62. The summed E-state index contributed by atoms with van der Waals surface area (Å²) in [7, 11) is 0. The van der Waals surface area contributed by atoms with E-state index in [1.165, 1.54) is 36.7 Å². The highest BCUT2D eigenvalue weighted by Gasteiger charge is 2.33. The molecule has 2 heterocycles. The van der Waals surface area contributed by atoms with E-state index in [0.29, 0.717) is 0 Å². The number of aromatic nitrogens is 2. The van der Waals surface area contributed by atoms with Crippen LogP contribution in [-0.2, 0) is 21.8 Å². The van der Waals surface area contributed by atoms with Gasteiger partial charge in [0, 0.05) is 23.5 Å². The van der Waals surface area contributed by atoms with Gasteiger partial charge in [-0.1, -0.05) is 24.3 Å². The second-order valence-electron chi connectivity index (χ2n) is 8.50. The highest BCUT2D eigenvalue weighted by atomic mass is 19.4. The third-order valence-corrected chi connectivity index (χ3v) is 6.02. The van der Waals surface area contributed by atoms with Crippen LogP contribution in [0.25, 0.3) is 33.6 Å². The van der Waals surface area contributed by atoms with Crippen molar-refractivity contribution in [3.8, 4) is 33.6 Å². The minimum atomic E-state index is -4.56. The molecule has 0 unspecified atom stereocenters. The molecular formula is C28H22F6N2O4. The van der Waals surface area contributed by atoms with Gasteiger partial charge >= 0.3 is 24.3 Å². The van der Waals surface area contributed by atoms with Crippen LogP contribution in [0.3, 0.4) is 0 Å². The number of alkyl halides is 6. The lowest BCUT2D eigenvalue weighted by Gasteiger charge is -2.11. The van der Waals surface area contributed by atoms with E-state index in [9.17, 15) is 35.9 Å². The Balaban J connectivity index is 1.89. The monoisotopic (exact) mass is 564 g/mol. The number of carbonyl (C=O) groups excluding carboxylic acids is 2. The van der Waals surface area contributed by atoms with E-state index in [4.69, 9.17) is 9.47 Å². The third kappa shape index (κ3) is 5.61. The number of nitrogens with one attached hydrogen (secondary N) is 2. The maximum atomic E-state index is 13.1. The molecule has 12 heteroatoms. The van der Waals surface area contributed by atoms with E-state index >= 15 is 0 Å². The van der Waals surface area contributed by atoms with Gasteiger partial charge in [0.15, 0.2) is 0 Å². The summed E-state index contributed by atoms with van der Waals surface area (Å²) in [6.45, 7) is 3.12. The zero-order valence-electron chi connectivity index (χ0n) is 21.1. The first-order valence-corrected chi connectivity index (χ1v) is 12.0. The Kier molecular flexibility index (Phi) is 7.81. The van der Waals surface area contributed by atoms with Crippen LogP contribution >= 0.6 is 0 Å². The Morgan fingerprint density at radius 2 is 0.950 bits per heavy atom. The molecule has 0 spiro atoms. The van der Waals surface area contributed by atoms with Crippen molar-refractivity contribution in [2.75, 3.05) is 13.2 Å². The first-order chi connectivity index (χ1) is 18.9. The molecule has 6 nitrogen and oxygen atoms in total. The van der Waals surface area contributed by atoms with Gasteiger partial charge in [-0.15, -0.1) is 0 Å². The molecule has 0 atom stereocenters. The summed E-state index contributed by atoms with van der Waals surface area (Å²) in [5.41, 5.74) is -0.758. The number of halogens is 6. The lowest BCUT2D eigenvalue weighted by atomic mass is 9.97. The molecule has 40 heavy (non-hydrogen) atoms. The van der Waals surface area contributed by atoms with Crippen LogP contribution in [-0.4, -0.2) is 35.1 Å². The van der Waals surface area contributed by atoms with Gasteiger partial charge < -0.3 is 19.4 Å². The van der Waals surface area contributed by atoms with E-state index in [1.807, 2.05) is 0 Å². The first kappa shape index (κ1) is 28.5. The zero-order valence-corrected chi connectivity index (χ0v) is 21.1. The van der Waals surface area contributed by atoms with Gasteiger partial charge in [0.05, 0.1) is 46.9 Å². The lowest BCUT2D eigenvalue weighted by Crippen LogP contribution is -2.10. The third-order valence-electron chi connectivity index (χ3n) is 6.02. The molecule has 2 aromatic carbocycles. The minimum Gasteiger partial charge on any atom is -0.462 e. The second-order valence-corrected chi connectivity index (χ2v) is 8.50. The van der Waals surface area contributed by atoms with E-state index in [1.54, 1.807) is 13.8 Å². The molecule has 0 amide bonds. The number of carbonyl (C=O) groups is 2. The van der Waals surface area contributed by atoms with Gasteiger partial charge in [-0.2, -0.15) is 26.3 Å². The SMILES string of the molecule is CCOC(=O)c1c(-c2ccc(C(F)(F)F)cc2)c[nH]c1-c1[nH]cc(-c2ccc(C(F)(F)F)cc2)c1C(=O)OCC. The van der Waals surface area contributed by atoms with Gasteiger partial charge in [0.1, 0.15) is 0 Å². The number of benzene rings is 2. The zero-order chi connectivity index (χ0) is 29.2. The maximum Gasteiger partial charge on any atom is 0.416 e. The molecule has 4 aromatic rings. The summed E-state index contributed by atoms with van der Waals surface area (Å²) in [6.07, 6.45) is -6.34. The largest absolute Gasteiger partial charge is 0.462 e. The molecule has 2 N–H and O–H groups in total. The molecule has 0 saturated heterocycles. The molecule has 0 fully saturated rings. The van der Waals surface area contributed by atoms with Gasteiger partial charge in [0.25, 0.3) is 0 Å². The molecular weight excluding hydrogens is 542 g/mol. The van der Waals surface area contributed by atoms with Crippen LogP contribution < -0.4 is 0 Å². The smallest absolute Gasteiger partial charge is 0.416 e. The number of aromatic amines is 2. The fourth-order valence-corrected chi connectivity index (χ4v) is 4.20. The summed E-state index contributed by atoms with van der Waals surface area (Å²) >= 11 is 0. The van der Waals surface area contributed by atoms with Crippen molar-refractivity contribution < 1.29 is 45.4 Å². The van der Waals surface area contributed by atoms with Crippen LogP contribution in [0.15, 0.2) is 60.9 Å². The Morgan fingerprint density at radius 3 is 1.23 bits per heavy atom. The Hall–Kier alpha value is -4.48. The fourth-order valence-electron chi connectivity index (χ4n) is 4.20. The number of ether oxygens (including phenoxy) is 2. The summed E-state index contributed by atoms with van der Waals surface area (Å²) < 4.78 is 88.9. The maximum absolute atomic E-state index is 13.1. The summed E-state index contributed by atoms with van der Waals surface area (Å²) in [4.78, 5) is 31.9. The average molecular weight is 564 g/mol. The summed E-state index contributed by atoms with van der Waals surface area (Å²) in [5, 5.41) is 0. The van der Waals surface area contributed by atoms with Crippen LogP contribution in [0.4, 0.5) is 26.3 Å². The van der Waals surface area contributed by atoms with Crippen molar-refractivity contribution in [2.45, 2.75) is 26.2 Å². The number of hydrogen-bond acceptors (Lipinski definition) is 4. The van der Waals surface area contributed by atoms with Crippen molar-refractivity contribution in [2.24, 2.45) is 0 Å². The van der Waals surface area contributed by atoms with E-state index in [-0.39, 0.29) is 58.0 Å². The molecule has 0 radical (unpaired) electrons. The fraction of sp³-hybridized carbons (Fsp3) is 0.214. The highest BCUT2D eigenvalue weighted by molar-refractivity contribution is 6.08. The van der Waals surface area contributed by atoms with Crippen molar-refractivity contribution in [1.29, 1.82) is 0 Å². The summed E-state index contributed by atoms with van der Waals surface area (Å²) in [6, 6.07) is 8.30. The molecule has 0 bridgehead atoms. The van der Waals surface area contributed by atoms with Crippen molar-refractivity contribution in [3.63, 3.8) is 0 Å². The average Bonchev–Trinajstić information content (AvgIpc) is 3.53. The standard InChI is InChI=1S/C28H22F6N2O4/c1-3-39-25(37)21-19(15-5-9-17(10-6-15)27(29,30)31)13-35-23(21)24-22(26(38)40-4-2)20(14-36-24)16-7-11-18(12-8-16)28(32,33)34/h5-14,35-36H,3-4H2,1-2H3. The Labute approximate surface area is 223 Å². The first-order valence-electron chi connectivity index (χ1n) is 12.0. The molecule has 0 aliphatic carbocycles. The highest BCUT2D eigenvalue weighted by Crippen LogP contribution is 2.39. The molecule has 210 valence electrons. The van der Waals surface area contributed by atoms with E-state index in [0.717, 1.165) is 24.3 Å². The van der Waals surface area contributed by atoms with Crippen LogP contribution in [0.2, 0.25) is 0 Å². The van der Waals surface area contributed by atoms with Gasteiger partial charge in [-0.3, -0.25) is 0 Å².